The van der Waals surface area contributed by atoms with Crippen molar-refractivity contribution in [3.8, 4) is 40.1 Å². The van der Waals surface area contributed by atoms with E-state index in [0.29, 0.717) is 22.9 Å². The summed E-state index contributed by atoms with van der Waals surface area (Å²) < 4.78 is 10.6. The molecule has 0 radical (unpaired) electrons. The lowest BCUT2D eigenvalue weighted by Crippen LogP contribution is -1.98. The number of rotatable bonds is 4. The molecule has 1 heterocycles. The lowest BCUT2D eigenvalue weighted by atomic mass is 10.0. The van der Waals surface area contributed by atoms with Crippen LogP contribution in [0.15, 0.2) is 48.5 Å². The van der Waals surface area contributed by atoms with Crippen molar-refractivity contribution in [3.05, 3.63) is 59.4 Å². The summed E-state index contributed by atoms with van der Waals surface area (Å²) in [5.74, 6) is 1.38. The zero-order valence-corrected chi connectivity index (χ0v) is 14.4. The van der Waals surface area contributed by atoms with Crippen LogP contribution in [0.5, 0.6) is 11.5 Å². The van der Waals surface area contributed by atoms with Crippen LogP contribution in [0, 0.1) is 11.3 Å². The number of benzene rings is 2. The summed E-state index contributed by atoms with van der Waals surface area (Å²) in [6.45, 7) is 0. The molecule has 0 bridgehead atoms. The maximum absolute atomic E-state index is 9.25. The summed E-state index contributed by atoms with van der Waals surface area (Å²) in [5.41, 5.74) is 2.75. The van der Waals surface area contributed by atoms with Crippen molar-refractivity contribution >= 4 is 11.6 Å². The fourth-order valence-electron chi connectivity index (χ4n) is 2.43. The minimum atomic E-state index is 0.0620. The van der Waals surface area contributed by atoms with E-state index in [1.165, 1.54) is 0 Å². The van der Waals surface area contributed by atoms with E-state index in [1.807, 2.05) is 54.6 Å². The van der Waals surface area contributed by atoms with Gasteiger partial charge < -0.3 is 9.47 Å². The molecule has 3 rings (SSSR count). The van der Waals surface area contributed by atoms with E-state index in [4.69, 9.17) is 21.1 Å². The monoisotopic (exact) mass is 351 g/mol. The van der Waals surface area contributed by atoms with Crippen LogP contribution in [0.3, 0.4) is 0 Å². The Hall–Kier alpha value is -3.10. The van der Waals surface area contributed by atoms with Gasteiger partial charge in [-0.3, -0.25) is 0 Å². The van der Waals surface area contributed by atoms with Crippen molar-refractivity contribution in [2.75, 3.05) is 14.2 Å². The number of nitriles is 1. The number of methoxy groups -OCH3 is 2. The maximum Gasteiger partial charge on any atom is 0.178 e. The smallest absolute Gasteiger partial charge is 0.178 e. The highest BCUT2D eigenvalue weighted by Gasteiger charge is 2.16. The Morgan fingerprint density at radius 1 is 0.880 bits per heavy atom. The number of nitrogens with zero attached hydrogens (tertiary/aromatic N) is 3. The molecule has 0 aliphatic heterocycles. The van der Waals surface area contributed by atoms with Gasteiger partial charge >= 0.3 is 0 Å². The topological polar surface area (TPSA) is 68.0 Å². The molecule has 0 saturated heterocycles. The lowest BCUT2D eigenvalue weighted by Gasteiger charge is -2.11. The zero-order chi connectivity index (χ0) is 17.8. The normalized spacial score (nSPS) is 10.2. The van der Waals surface area contributed by atoms with E-state index in [-0.39, 0.29) is 10.8 Å². The number of hydrogen-bond acceptors (Lipinski definition) is 5. The van der Waals surface area contributed by atoms with Gasteiger partial charge in [0.05, 0.1) is 25.6 Å². The Kier molecular flexibility index (Phi) is 4.82. The van der Waals surface area contributed by atoms with Gasteiger partial charge in [0.2, 0.25) is 0 Å². The van der Waals surface area contributed by atoms with E-state index < -0.39 is 0 Å². The van der Waals surface area contributed by atoms with Gasteiger partial charge in [-0.05, 0) is 24.3 Å². The van der Waals surface area contributed by atoms with E-state index in [2.05, 4.69) is 9.97 Å². The molecule has 0 N–H and O–H groups in total. The second-order valence-corrected chi connectivity index (χ2v) is 5.49. The molecule has 0 aliphatic rings. The van der Waals surface area contributed by atoms with Gasteiger partial charge in [-0.2, -0.15) is 5.26 Å². The molecular weight excluding hydrogens is 338 g/mol. The van der Waals surface area contributed by atoms with Crippen LogP contribution in [0.4, 0.5) is 0 Å². The van der Waals surface area contributed by atoms with E-state index in [1.54, 1.807) is 14.2 Å². The molecule has 3 aromatic rings. The predicted octanol–water partition coefficient (Wildman–Crippen LogP) is 4.35. The number of hydrogen-bond donors (Lipinski definition) is 0. The van der Waals surface area contributed by atoms with Crippen molar-refractivity contribution in [2.45, 2.75) is 0 Å². The van der Waals surface area contributed by atoms with Crippen molar-refractivity contribution in [1.82, 2.24) is 9.97 Å². The quantitative estimate of drug-likeness (QED) is 0.698. The molecule has 0 amide bonds. The summed E-state index contributed by atoms with van der Waals surface area (Å²) >= 11 is 6.12. The first kappa shape index (κ1) is 16.7. The Bertz CT molecular complexity index is 967. The highest BCUT2D eigenvalue weighted by Crippen LogP contribution is 2.34. The van der Waals surface area contributed by atoms with Gasteiger partial charge in [0.25, 0.3) is 0 Å². The zero-order valence-electron chi connectivity index (χ0n) is 13.7. The average Bonchev–Trinajstić information content (AvgIpc) is 2.67. The van der Waals surface area contributed by atoms with Gasteiger partial charge in [-0.25, -0.2) is 9.97 Å². The highest BCUT2D eigenvalue weighted by atomic mass is 35.5. The SMILES string of the molecule is COc1cccc(-c2nc(Cl)c(C#N)nc2-c2cccc(OC)c2)c1. The third-order valence-corrected chi connectivity index (χ3v) is 3.91. The first-order chi connectivity index (χ1) is 12.2. The standard InChI is InChI=1S/C19H14ClN3O2/c1-24-14-7-3-5-12(9-14)17-18(23-19(20)16(11-21)22-17)13-6-4-8-15(10-13)25-2/h3-10H,1-2H3. The molecule has 6 heteroatoms. The fourth-order valence-corrected chi connectivity index (χ4v) is 2.60. The van der Waals surface area contributed by atoms with E-state index in [0.717, 1.165) is 11.1 Å². The summed E-state index contributed by atoms with van der Waals surface area (Å²) in [6, 6.07) is 16.8. The molecule has 0 fully saturated rings. The fraction of sp³-hybridized carbons (Fsp3) is 0.105. The molecule has 0 aliphatic carbocycles. The molecular formula is C19H14ClN3O2. The summed E-state index contributed by atoms with van der Waals surface area (Å²) in [4.78, 5) is 8.82. The molecule has 0 saturated carbocycles. The van der Waals surface area contributed by atoms with Crippen LogP contribution < -0.4 is 9.47 Å². The lowest BCUT2D eigenvalue weighted by molar-refractivity contribution is 0.415. The van der Waals surface area contributed by atoms with Crippen molar-refractivity contribution < 1.29 is 9.47 Å². The van der Waals surface area contributed by atoms with Crippen LogP contribution in [0.2, 0.25) is 5.15 Å². The molecule has 2 aromatic carbocycles. The number of aromatic nitrogens is 2. The molecule has 0 atom stereocenters. The molecule has 0 spiro atoms. The van der Waals surface area contributed by atoms with Crippen molar-refractivity contribution in [1.29, 1.82) is 5.26 Å². The van der Waals surface area contributed by atoms with E-state index >= 15 is 0 Å². The van der Waals surface area contributed by atoms with Gasteiger partial charge in [-0.15, -0.1) is 0 Å². The first-order valence-corrected chi connectivity index (χ1v) is 7.80. The largest absolute Gasteiger partial charge is 0.497 e. The maximum atomic E-state index is 9.25. The molecule has 25 heavy (non-hydrogen) atoms. The second-order valence-electron chi connectivity index (χ2n) is 5.14. The van der Waals surface area contributed by atoms with Crippen LogP contribution >= 0.6 is 11.6 Å². The Morgan fingerprint density at radius 2 is 1.40 bits per heavy atom. The van der Waals surface area contributed by atoms with Gasteiger partial charge in [-0.1, -0.05) is 35.9 Å². The third-order valence-electron chi connectivity index (χ3n) is 3.65. The van der Waals surface area contributed by atoms with Crippen LogP contribution in [-0.4, -0.2) is 24.2 Å². The van der Waals surface area contributed by atoms with Crippen LogP contribution in [0.25, 0.3) is 22.5 Å². The molecule has 5 nitrogen and oxygen atoms in total. The summed E-state index contributed by atoms with van der Waals surface area (Å²) in [6.07, 6.45) is 0. The predicted molar refractivity (Wildman–Crippen MR) is 95.7 cm³/mol. The summed E-state index contributed by atoms with van der Waals surface area (Å²) in [7, 11) is 3.19. The highest BCUT2D eigenvalue weighted by molar-refractivity contribution is 6.30. The van der Waals surface area contributed by atoms with Crippen LogP contribution in [0.1, 0.15) is 5.69 Å². The van der Waals surface area contributed by atoms with Gasteiger partial charge in [0, 0.05) is 11.1 Å². The Labute approximate surface area is 150 Å². The van der Waals surface area contributed by atoms with Crippen LogP contribution in [-0.2, 0) is 0 Å². The molecule has 1 aromatic heterocycles. The average molecular weight is 352 g/mol. The Morgan fingerprint density at radius 3 is 1.88 bits per heavy atom. The van der Waals surface area contributed by atoms with Gasteiger partial charge in [0.1, 0.15) is 17.6 Å². The van der Waals surface area contributed by atoms with Crippen molar-refractivity contribution in [2.24, 2.45) is 0 Å². The van der Waals surface area contributed by atoms with E-state index in [9.17, 15) is 5.26 Å². The minimum Gasteiger partial charge on any atom is -0.497 e. The van der Waals surface area contributed by atoms with Gasteiger partial charge in [0.15, 0.2) is 10.8 Å². The second kappa shape index (κ2) is 7.20. The molecule has 124 valence electrons. The third kappa shape index (κ3) is 3.39. The minimum absolute atomic E-state index is 0.0620. The number of ether oxygens (including phenoxy) is 2. The van der Waals surface area contributed by atoms with Crippen molar-refractivity contribution in [3.63, 3.8) is 0 Å². The Balaban J connectivity index is 2.26. The first-order valence-electron chi connectivity index (χ1n) is 7.42. The molecule has 0 unspecified atom stereocenters. The summed E-state index contributed by atoms with van der Waals surface area (Å²) in [5, 5.41) is 9.31. The number of halogens is 1.